The van der Waals surface area contributed by atoms with Crippen LogP contribution in [0.3, 0.4) is 0 Å². The number of anilines is 1. The van der Waals surface area contributed by atoms with Crippen LogP contribution in [0.25, 0.3) is 0 Å². The highest BCUT2D eigenvalue weighted by molar-refractivity contribution is 6.31. The largest absolute Gasteiger partial charge is 0.385 e. The number of rotatable bonds is 8. The average Bonchev–Trinajstić information content (AvgIpc) is 3.22. The normalized spacial score (nSPS) is 14.7. The predicted molar refractivity (Wildman–Crippen MR) is 78.9 cm³/mol. The molecule has 0 aromatic carbocycles. The van der Waals surface area contributed by atoms with Crippen molar-refractivity contribution in [3.05, 3.63) is 22.8 Å². The fourth-order valence-electron chi connectivity index (χ4n) is 1.91. The molecular weight excluding hydrogens is 262 g/mol. The second-order valence-electron chi connectivity index (χ2n) is 5.06. The first kappa shape index (κ1) is 14.6. The molecule has 0 radical (unpaired) electrons. The number of methoxy groups -OCH3 is 1. The van der Waals surface area contributed by atoms with Crippen LogP contribution in [0.5, 0.6) is 0 Å². The summed E-state index contributed by atoms with van der Waals surface area (Å²) in [7, 11) is 3.77. The van der Waals surface area contributed by atoms with Crippen LogP contribution in [-0.4, -0.2) is 38.3 Å². The van der Waals surface area contributed by atoms with E-state index in [1.165, 1.54) is 12.8 Å². The maximum absolute atomic E-state index is 6.19. The quantitative estimate of drug-likeness (QED) is 0.744. The summed E-state index contributed by atoms with van der Waals surface area (Å²) in [5.74, 6) is 0.966. The van der Waals surface area contributed by atoms with Crippen molar-refractivity contribution in [3.63, 3.8) is 0 Å². The first-order valence-electron chi connectivity index (χ1n) is 6.78. The second kappa shape index (κ2) is 7.08. The van der Waals surface area contributed by atoms with E-state index in [1.807, 2.05) is 7.05 Å². The van der Waals surface area contributed by atoms with Gasteiger partial charge in [-0.1, -0.05) is 11.6 Å². The van der Waals surface area contributed by atoms with Crippen LogP contribution < -0.4 is 10.2 Å². The molecular formula is C14H22ClN3O. The zero-order valence-electron chi connectivity index (χ0n) is 11.7. The van der Waals surface area contributed by atoms with Crippen molar-refractivity contribution in [1.82, 2.24) is 10.3 Å². The Morgan fingerprint density at radius 1 is 1.53 bits per heavy atom. The molecule has 1 N–H and O–H groups in total. The van der Waals surface area contributed by atoms with Crippen molar-refractivity contribution >= 4 is 17.4 Å². The Labute approximate surface area is 120 Å². The molecule has 0 spiro atoms. The molecule has 1 heterocycles. The molecule has 106 valence electrons. The van der Waals surface area contributed by atoms with Gasteiger partial charge < -0.3 is 15.0 Å². The van der Waals surface area contributed by atoms with Gasteiger partial charge >= 0.3 is 0 Å². The fraction of sp³-hybridized carbons (Fsp3) is 0.643. The molecule has 0 aliphatic heterocycles. The Morgan fingerprint density at radius 3 is 3.00 bits per heavy atom. The molecule has 4 nitrogen and oxygen atoms in total. The lowest BCUT2D eigenvalue weighted by Gasteiger charge is -2.19. The molecule has 0 bridgehead atoms. The van der Waals surface area contributed by atoms with Gasteiger partial charge in [-0.3, -0.25) is 0 Å². The highest BCUT2D eigenvalue weighted by atomic mass is 35.5. The molecule has 1 fully saturated rings. The van der Waals surface area contributed by atoms with Crippen LogP contribution in [0, 0.1) is 0 Å². The van der Waals surface area contributed by atoms with Crippen molar-refractivity contribution in [2.75, 3.05) is 32.2 Å². The van der Waals surface area contributed by atoms with Gasteiger partial charge in [-0.25, -0.2) is 4.98 Å². The minimum atomic E-state index is 0.687. The molecule has 1 aliphatic carbocycles. The molecule has 5 heteroatoms. The zero-order valence-corrected chi connectivity index (χ0v) is 12.4. The number of hydrogen-bond donors (Lipinski definition) is 1. The van der Waals surface area contributed by atoms with Crippen LogP contribution in [0.1, 0.15) is 24.8 Å². The summed E-state index contributed by atoms with van der Waals surface area (Å²) in [6.45, 7) is 2.52. The van der Waals surface area contributed by atoms with Gasteiger partial charge in [0.2, 0.25) is 0 Å². The number of hydrogen-bond acceptors (Lipinski definition) is 4. The van der Waals surface area contributed by atoms with Crippen LogP contribution in [-0.2, 0) is 11.3 Å². The van der Waals surface area contributed by atoms with E-state index in [1.54, 1.807) is 13.3 Å². The van der Waals surface area contributed by atoms with E-state index < -0.39 is 0 Å². The molecule has 0 amide bonds. The van der Waals surface area contributed by atoms with Crippen molar-refractivity contribution in [3.8, 4) is 0 Å². The van der Waals surface area contributed by atoms with E-state index in [9.17, 15) is 0 Å². The van der Waals surface area contributed by atoms with Crippen LogP contribution >= 0.6 is 11.6 Å². The van der Waals surface area contributed by atoms with Gasteiger partial charge in [0, 0.05) is 46.1 Å². The topological polar surface area (TPSA) is 37.4 Å². The molecule has 0 atom stereocenters. The maximum Gasteiger partial charge on any atom is 0.128 e. The van der Waals surface area contributed by atoms with Crippen molar-refractivity contribution < 1.29 is 4.74 Å². The molecule has 0 unspecified atom stereocenters. The van der Waals surface area contributed by atoms with Crippen LogP contribution in [0.15, 0.2) is 12.3 Å². The fourth-order valence-corrected chi connectivity index (χ4v) is 2.08. The zero-order chi connectivity index (χ0) is 13.7. The molecule has 1 aromatic rings. The van der Waals surface area contributed by atoms with E-state index in [4.69, 9.17) is 16.3 Å². The first-order chi connectivity index (χ1) is 9.20. The Hall–Kier alpha value is -0.840. The number of ether oxygens (including phenoxy) is 1. The summed E-state index contributed by atoms with van der Waals surface area (Å²) < 4.78 is 5.06. The lowest BCUT2D eigenvalue weighted by atomic mass is 10.2. The number of pyridine rings is 1. The Morgan fingerprint density at radius 2 is 2.32 bits per heavy atom. The summed E-state index contributed by atoms with van der Waals surface area (Å²) >= 11 is 6.19. The summed E-state index contributed by atoms with van der Waals surface area (Å²) in [5.41, 5.74) is 1.12. The van der Waals surface area contributed by atoms with E-state index in [-0.39, 0.29) is 0 Å². The SMILES string of the molecule is COCCCN(C)c1cc(CNC2CC2)c(Cl)cn1. The Kier molecular flexibility index (Phi) is 5.43. The smallest absolute Gasteiger partial charge is 0.128 e. The van der Waals surface area contributed by atoms with Gasteiger partial charge in [0.15, 0.2) is 0 Å². The molecule has 1 aromatic heterocycles. The van der Waals surface area contributed by atoms with Gasteiger partial charge in [0.25, 0.3) is 0 Å². The van der Waals surface area contributed by atoms with Gasteiger partial charge in [-0.2, -0.15) is 0 Å². The van der Waals surface area contributed by atoms with Crippen LogP contribution in [0.4, 0.5) is 5.82 Å². The number of nitrogens with zero attached hydrogens (tertiary/aromatic N) is 2. The van der Waals surface area contributed by atoms with Crippen molar-refractivity contribution in [2.24, 2.45) is 0 Å². The Bertz CT molecular complexity index is 410. The maximum atomic E-state index is 6.19. The van der Waals surface area contributed by atoms with E-state index in [0.29, 0.717) is 6.04 Å². The number of nitrogens with one attached hydrogen (secondary N) is 1. The Balaban J connectivity index is 1.93. The van der Waals surface area contributed by atoms with Gasteiger partial charge in [0.1, 0.15) is 5.82 Å². The van der Waals surface area contributed by atoms with E-state index in [0.717, 1.165) is 42.5 Å². The summed E-state index contributed by atoms with van der Waals surface area (Å²) in [4.78, 5) is 6.52. The van der Waals surface area contributed by atoms with E-state index >= 15 is 0 Å². The monoisotopic (exact) mass is 283 g/mol. The third kappa shape index (κ3) is 4.64. The van der Waals surface area contributed by atoms with Crippen LogP contribution in [0.2, 0.25) is 5.02 Å². The molecule has 1 saturated carbocycles. The second-order valence-corrected chi connectivity index (χ2v) is 5.46. The highest BCUT2D eigenvalue weighted by Crippen LogP contribution is 2.23. The van der Waals surface area contributed by atoms with E-state index in [2.05, 4.69) is 21.3 Å². The minimum Gasteiger partial charge on any atom is -0.385 e. The highest BCUT2D eigenvalue weighted by Gasteiger charge is 2.20. The number of halogens is 1. The third-order valence-electron chi connectivity index (χ3n) is 3.31. The average molecular weight is 284 g/mol. The number of aromatic nitrogens is 1. The minimum absolute atomic E-state index is 0.687. The first-order valence-corrected chi connectivity index (χ1v) is 7.16. The predicted octanol–water partition coefficient (Wildman–Crippen LogP) is 2.46. The van der Waals surface area contributed by atoms with Crippen molar-refractivity contribution in [2.45, 2.75) is 31.8 Å². The lowest BCUT2D eigenvalue weighted by Crippen LogP contribution is -2.22. The summed E-state index contributed by atoms with van der Waals surface area (Å²) in [6, 6.07) is 2.76. The lowest BCUT2D eigenvalue weighted by molar-refractivity contribution is 0.196. The molecule has 2 rings (SSSR count). The molecule has 0 saturated heterocycles. The van der Waals surface area contributed by atoms with Gasteiger partial charge in [0.05, 0.1) is 5.02 Å². The summed E-state index contributed by atoms with van der Waals surface area (Å²) in [6.07, 6.45) is 5.31. The van der Waals surface area contributed by atoms with Gasteiger partial charge in [-0.05, 0) is 30.9 Å². The van der Waals surface area contributed by atoms with Crippen molar-refractivity contribution in [1.29, 1.82) is 0 Å². The van der Waals surface area contributed by atoms with Gasteiger partial charge in [-0.15, -0.1) is 0 Å². The molecule has 1 aliphatic rings. The standard InChI is InChI=1S/C14H22ClN3O/c1-18(6-3-7-19-2)14-8-11(13(15)10-17-14)9-16-12-4-5-12/h8,10,12,16H,3-7,9H2,1-2H3. The third-order valence-corrected chi connectivity index (χ3v) is 3.65. The summed E-state index contributed by atoms with van der Waals surface area (Å²) in [5, 5.41) is 4.22. The molecule has 19 heavy (non-hydrogen) atoms.